The lowest BCUT2D eigenvalue weighted by atomic mass is 10.0. The fraction of sp³-hybridized carbons (Fsp3) is 0.394. The topological polar surface area (TPSA) is 86.8 Å². The number of unbranched alkanes of at least 4 members (excludes halogenated alkanes) is 1. The van der Waals surface area contributed by atoms with Gasteiger partial charge < -0.3 is 10.2 Å². The van der Waals surface area contributed by atoms with Gasteiger partial charge in [0.05, 0.1) is 11.9 Å². The van der Waals surface area contributed by atoms with Crippen LogP contribution in [0.1, 0.15) is 54.9 Å². The van der Waals surface area contributed by atoms with Crippen molar-refractivity contribution in [3.8, 4) is 0 Å². The number of aryl methyl sites for hydroxylation is 2. The van der Waals surface area contributed by atoms with E-state index in [1.54, 1.807) is 23.1 Å². The fourth-order valence-electron chi connectivity index (χ4n) is 4.78. The monoisotopic (exact) mass is 611 g/mol. The molecular weight excluding hydrogens is 570 g/mol. The van der Waals surface area contributed by atoms with Crippen molar-refractivity contribution in [2.24, 2.45) is 0 Å². The summed E-state index contributed by atoms with van der Waals surface area (Å²) in [7, 11) is -3.57. The number of nitrogens with one attached hydrogen (secondary N) is 1. The van der Waals surface area contributed by atoms with E-state index in [0.717, 1.165) is 35.1 Å². The van der Waals surface area contributed by atoms with Crippen LogP contribution in [0.2, 0.25) is 5.02 Å². The molecule has 0 unspecified atom stereocenters. The lowest BCUT2D eigenvalue weighted by molar-refractivity contribution is -0.141. The van der Waals surface area contributed by atoms with Crippen LogP contribution in [0, 0.1) is 13.8 Å². The van der Waals surface area contributed by atoms with Gasteiger partial charge in [-0.3, -0.25) is 13.9 Å². The predicted molar refractivity (Wildman–Crippen MR) is 171 cm³/mol. The molecule has 0 aromatic heterocycles. The number of carbonyl (C=O) groups excluding carboxylic acids is 2. The van der Waals surface area contributed by atoms with Gasteiger partial charge in [-0.2, -0.15) is 0 Å². The van der Waals surface area contributed by atoms with E-state index in [2.05, 4.69) is 12.2 Å². The molecule has 42 heavy (non-hydrogen) atoms. The highest BCUT2D eigenvalue weighted by atomic mass is 35.5. The Bertz CT molecular complexity index is 1450. The Balaban J connectivity index is 1.88. The number of amides is 2. The molecule has 0 aliphatic heterocycles. The van der Waals surface area contributed by atoms with Crippen LogP contribution in [-0.4, -0.2) is 50.5 Å². The summed E-state index contributed by atoms with van der Waals surface area (Å²) in [5, 5.41) is 3.56. The quantitative estimate of drug-likeness (QED) is 0.212. The second-order valence-electron chi connectivity index (χ2n) is 10.7. The summed E-state index contributed by atoms with van der Waals surface area (Å²) < 4.78 is 26.7. The maximum Gasteiger partial charge on any atom is 0.243 e. The molecule has 0 fully saturated rings. The van der Waals surface area contributed by atoms with Crippen molar-refractivity contribution >= 4 is 39.1 Å². The van der Waals surface area contributed by atoms with Gasteiger partial charge in [0.2, 0.25) is 21.8 Å². The second kappa shape index (κ2) is 15.8. The van der Waals surface area contributed by atoms with Gasteiger partial charge in [0.1, 0.15) is 6.04 Å². The maximum atomic E-state index is 13.9. The zero-order chi connectivity index (χ0) is 30.7. The zero-order valence-corrected chi connectivity index (χ0v) is 26.5. The Kier molecular flexibility index (Phi) is 12.4. The van der Waals surface area contributed by atoms with Crippen LogP contribution in [0.15, 0.2) is 72.8 Å². The average molecular weight is 612 g/mol. The molecule has 0 saturated heterocycles. The normalized spacial score (nSPS) is 12.0. The Morgan fingerprint density at radius 3 is 2.26 bits per heavy atom. The summed E-state index contributed by atoms with van der Waals surface area (Å²) >= 11 is 6.26. The first-order valence-electron chi connectivity index (χ1n) is 14.4. The van der Waals surface area contributed by atoms with Crippen molar-refractivity contribution in [2.45, 2.75) is 65.5 Å². The molecular formula is C33H42ClN3O4S. The third-order valence-corrected chi connectivity index (χ3v) is 8.70. The van der Waals surface area contributed by atoms with Gasteiger partial charge in [0.25, 0.3) is 0 Å². The average Bonchev–Trinajstić information content (AvgIpc) is 2.94. The first-order chi connectivity index (χ1) is 20.0. The molecule has 0 aliphatic rings. The summed E-state index contributed by atoms with van der Waals surface area (Å²) in [5.74, 6) is -0.439. The first kappa shape index (κ1) is 33.1. The SMILES string of the molecule is CCCCNC(=O)[C@@H](Cc1ccccc1)N(Cc1cccc(Cl)c1)C(=O)CCCN(c1ccc(C)c(C)c1)S(C)(=O)=O. The Morgan fingerprint density at radius 2 is 1.62 bits per heavy atom. The highest BCUT2D eigenvalue weighted by Gasteiger charge is 2.30. The largest absolute Gasteiger partial charge is 0.354 e. The van der Waals surface area contributed by atoms with Crippen molar-refractivity contribution in [3.63, 3.8) is 0 Å². The highest BCUT2D eigenvalue weighted by molar-refractivity contribution is 7.92. The molecule has 1 atom stereocenters. The number of nitrogens with zero attached hydrogens (tertiary/aromatic N) is 2. The molecule has 3 rings (SSSR count). The zero-order valence-electron chi connectivity index (χ0n) is 25.0. The van der Waals surface area contributed by atoms with Crippen LogP contribution in [0.4, 0.5) is 5.69 Å². The minimum Gasteiger partial charge on any atom is -0.354 e. The van der Waals surface area contributed by atoms with Crippen LogP contribution in [0.3, 0.4) is 0 Å². The van der Waals surface area contributed by atoms with Crippen molar-refractivity contribution in [1.82, 2.24) is 10.2 Å². The molecule has 1 N–H and O–H groups in total. The van der Waals surface area contributed by atoms with E-state index in [1.165, 1.54) is 10.6 Å². The smallest absolute Gasteiger partial charge is 0.243 e. The number of halogens is 1. The third kappa shape index (κ3) is 9.88. The summed E-state index contributed by atoms with van der Waals surface area (Å²) in [6.07, 6.45) is 3.67. The molecule has 3 aromatic rings. The van der Waals surface area contributed by atoms with Crippen molar-refractivity contribution in [2.75, 3.05) is 23.7 Å². The van der Waals surface area contributed by atoms with Gasteiger partial charge >= 0.3 is 0 Å². The first-order valence-corrected chi connectivity index (χ1v) is 16.6. The maximum absolute atomic E-state index is 13.9. The van der Waals surface area contributed by atoms with Crippen molar-refractivity contribution in [1.29, 1.82) is 0 Å². The molecule has 0 aliphatic carbocycles. The minimum atomic E-state index is -3.57. The van der Waals surface area contributed by atoms with E-state index in [1.807, 2.05) is 68.4 Å². The molecule has 0 saturated carbocycles. The second-order valence-corrected chi connectivity index (χ2v) is 13.1. The van der Waals surface area contributed by atoms with Gasteiger partial charge in [0.15, 0.2) is 0 Å². The lowest BCUT2D eigenvalue weighted by Gasteiger charge is -2.32. The van der Waals surface area contributed by atoms with Crippen LogP contribution >= 0.6 is 11.6 Å². The summed E-state index contributed by atoms with van der Waals surface area (Å²) in [4.78, 5) is 29.1. The van der Waals surface area contributed by atoms with Crippen LogP contribution in [-0.2, 0) is 32.6 Å². The van der Waals surface area contributed by atoms with Gasteiger partial charge in [-0.25, -0.2) is 8.42 Å². The van der Waals surface area contributed by atoms with Crippen LogP contribution in [0.5, 0.6) is 0 Å². The summed E-state index contributed by atoms with van der Waals surface area (Å²) in [5.41, 5.74) is 4.38. The molecule has 0 radical (unpaired) electrons. The standard InChI is InChI=1S/C33H42ClN3O4S/c1-5-6-19-35-33(39)31(23-27-12-8-7-9-13-27)36(24-28-14-10-15-29(34)22-28)32(38)16-11-20-37(42(4,40)41)30-18-17-25(2)26(3)21-30/h7-10,12-15,17-18,21-22,31H,5-6,11,16,19-20,23-24H2,1-4H3,(H,35,39)/t31-/m1/s1. The van der Waals surface area contributed by atoms with E-state index in [4.69, 9.17) is 11.6 Å². The number of hydrogen-bond donors (Lipinski definition) is 1. The summed E-state index contributed by atoms with van der Waals surface area (Å²) in [6.45, 7) is 6.84. The third-order valence-electron chi connectivity index (χ3n) is 7.27. The molecule has 7 nitrogen and oxygen atoms in total. The Morgan fingerprint density at radius 1 is 0.905 bits per heavy atom. The molecule has 0 bridgehead atoms. The van der Waals surface area contributed by atoms with Crippen LogP contribution in [0.25, 0.3) is 0 Å². The van der Waals surface area contributed by atoms with Gasteiger partial charge in [-0.15, -0.1) is 0 Å². The van der Waals surface area contributed by atoms with Crippen molar-refractivity contribution < 1.29 is 18.0 Å². The molecule has 226 valence electrons. The summed E-state index contributed by atoms with van der Waals surface area (Å²) in [6, 6.07) is 21.7. The molecule has 0 spiro atoms. The number of hydrogen-bond acceptors (Lipinski definition) is 4. The van der Waals surface area contributed by atoms with Gasteiger partial charge in [-0.05, 0) is 73.2 Å². The number of rotatable bonds is 15. The van der Waals surface area contributed by atoms with E-state index < -0.39 is 16.1 Å². The number of sulfonamides is 1. The van der Waals surface area contributed by atoms with E-state index in [9.17, 15) is 18.0 Å². The minimum absolute atomic E-state index is 0.0744. The van der Waals surface area contributed by atoms with E-state index in [0.29, 0.717) is 30.1 Å². The fourth-order valence-corrected chi connectivity index (χ4v) is 5.95. The van der Waals surface area contributed by atoms with Crippen LogP contribution < -0.4 is 9.62 Å². The predicted octanol–water partition coefficient (Wildman–Crippen LogP) is 6.06. The Labute approximate surface area is 255 Å². The highest BCUT2D eigenvalue weighted by Crippen LogP contribution is 2.23. The van der Waals surface area contributed by atoms with Gasteiger partial charge in [0, 0.05) is 37.5 Å². The number of benzene rings is 3. The van der Waals surface area contributed by atoms with Crippen molar-refractivity contribution in [3.05, 3.63) is 100 Å². The van der Waals surface area contributed by atoms with E-state index >= 15 is 0 Å². The molecule has 2 amide bonds. The van der Waals surface area contributed by atoms with E-state index in [-0.39, 0.29) is 31.3 Å². The number of anilines is 1. The van der Waals surface area contributed by atoms with Gasteiger partial charge in [-0.1, -0.05) is 73.5 Å². The molecule has 0 heterocycles. The molecule has 3 aromatic carbocycles. The Hall–Kier alpha value is -3.36. The lowest BCUT2D eigenvalue weighted by Crippen LogP contribution is -2.50. The molecule has 9 heteroatoms. The number of carbonyl (C=O) groups is 2.